The summed E-state index contributed by atoms with van der Waals surface area (Å²) in [5.74, 6) is 1.07. The van der Waals surface area contributed by atoms with Gasteiger partial charge < -0.3 is 15.3 Å². The Kier molecular flexibility index (Phi) is 4.70. The number of likely N-dealkylation sites (tertiary alicyclic amines) is 1. The van der Waals surface area contributed by atoms with Gasteiger partial charge in [0.15, 0.2) is 5.82 Å². The lowest BCUT2D eigenvalue weighted by Gasteiger charge is -2.30. The number of aromatic hydroxyl groups is 1. The third-order valence-electron chi connectivity index (χ3n) is 5.35. The van der Waals surface area contributed by atoms with Crippen molar-refractivity contribution in [1.82, 2.24) is 15.1 Å². The topological polar surface area (TPSA) is 61.3 Å². The lowest BCUT2D eigenvalue weighted by Crippen LogP contribution is -2.40. The molecule has 0 amide bonds. The summed E-state index contributed by atoms with van der Waals surface area (Å²) in [5, 5.41) is 25.2. The van der Waals surface area contributed by atoms with Crippen LogP contribution >= 0.6 is 0 Å². The largest absolute Gasteiger partial charge is 0.507 e. The van der Waals surface area contributed by atoms with Crippen molar-refractivity contribution in [2.45, 2.75) is 32.7 Å². The smallest absolute Gasteiger partial charge is 0.156 e. The van der Waals surface area contributed by atoms with E-state index in [1.54, 1.807) is 6.07 Å². The summed E-state index contributed by atoms with van der Waals surface area (Å²) in [6.07, 6.45) is 2.33. The Morgan fingerprint density at radius 1 is 1.11 bits per heavy atom. The molecule has 2 heterocycles. The summed E-state index contributed by atoms with van der Waals surface area (Å²) in [7, 11) is 2.16. The molecule has 1 fully saturated rings. The minimum absolute atomic E-state index is 0.251. The van der Waals surface area contributed by atoms with Gasteiger partial charge in [-0.15, -0.1) is 10.2 Å². The highest BCUT2D eigenvalue weighted by atomic mass is 16.3. The summed E-state index contributed by atoms with van der Waals surface area (Å²) >= 11 is 0. The second-order valence-electron chi connectivity index (χ2n) is 7.66. The second kappa shape index (κ2) is 7.16. The Morgan fingerprint density at radius 2 is 1.89 bits per heavy atom. The number of rotatable bonds is 3. The number of aryl methyl sites for hydroxylation is 2. The third-order valence-corrected chi connectivity index (χ3v) is 5.35. The maximum absolute atomic E-state index is 10.6. The molecule has 1 aliphatic heterocycles. The first-order valence-electron chi connectivity index (χ1n) is 9.54. The Labute approximate surface area is 160 Å². The minimum Gasteiger partial charge on any atom is -0.507 e. The second-order valence-corrected chi connectivity index (χ2v) is 7.66. The highest BCUT2D eigenvalue weighted by Crippen LogP contribution is 2.37. The molecule has 27 heavy (non-hydrogen) atoms. The monoisotopic (exact) mass is 362 g/mol. The van der Waals surface area contributed by atoms with E-state index in [9.17, 15) is 5.11 Å². The molecule has 4 rings (SSSR count). The number of phenols is 1. The summed E-state index contributed by atoms with van der Waals surface area (Å²) in [6.45, 7) is 6.14. The quantitative estimate of drug-likeness (QED) is 0.734. The zero-order valence-electron chi connectivity index (χ0n) is 16.2. The Bertz CT molecular complexity index is 962. The molecular formula is C22H26N4O. The molecular weight excluding hydrogens is 336 g/mol. The van der Waals surface area contributed by atoms with Crippen LogP contribution in [-0.2, 0) is 0 Å². The fraction of sp³-hybridized carbons (Fsp3) is 0.364. The van der Waals surface area contributed by atoms with Gasteiger partial charge in [0.1, 0.15) is 11.4 Å². The molecule has 5 nitrogen and oxygen atoms in total. The van der Waals surface area contributed by atoms with E-state index in [4.69, 9.17) is 0 Å². The Balaban J connectivity index is 1.79. The lowest BCUT2D eigenvalue weighted by atomic mass is 9.97. The van der Waals surface area contributed by atoms with Crippen molar-refractivity contribution in [3.63, 3.8) is 0 Å². The van der Waals surface area contributed by atoms with E-state index in [1.165, 1.54) is 6.42 Å². The molecule has 1 saturated heterocycles. The van der Waals surface area contributed by atoms with Gasteiger partial charge in [-0.3, -0.25) is 0 Å². The molecule has 0 aliphatic carbocycles. The van der Waals surface area contributed by atoms with E-state index in [2.05, 4.69) is 45.7 Å². The summed E-state index contributed by atoms with van der Waals surface area (Å²) in [4.78, 5) is 2.35. The third kappa shape index (κ3) is 3.47. The number of benzene rings is 2. The van der Waals surface area contributed by atoms with Crippen molar-refractivity contribution < 1.29 is 5.11 Å². The zero-order chi connectivity index (χ0) is 19.0. The van der Waals surface area contributed by atoms with Crippen LogP contribution in [0.2, 0.25) is 0 Å². The number of nitrogens with one attached hydrogen (secondary N) is 1. The summed E-state index contributed by atoms with van der Waals surface area (Å²) in [5.41, 5.74) is 3.52. The van der Waals surface area contributed by atoms with Crippen molar-refractivity contribution in [3.05, 3.63) is 47.5 Å². The fourth-order valence-electron chi connectivity index (χ4n) is 4.13. The molecule has 0 spiro atoms. The fourth-order valence-corrected chi connectivity index (χ4v) is 4.13. The van der Waals surface area contributed by atoms with Crippen LogP contribution in [0.5, 0.6) is 5.75 Å². The average Bonchev–Trinajstić information content (AvgIpc) is 2.62. The molecule has 1 aromatic heterocycles. The van der Waals surface area contributed by atoms with E-state index in [1.807, 2.05) is 26.0 Å². The number of hydrogen-bond acceptors (Lipinski definition) is 5. The molecule has 2 N–H and O–H groups in total. The van der Waals surface area contributed by atoms with Crippen molar-refractivity contribution >= 4 is 16.6 Å². The van der Waals surface area contributed by atoms with Crippen molar-refractivity contribution in [3.8, 4) is 17.0 Å². The average molecular weight is 362 g/mol. The molecule has 3 aromatic rings. The van der Waals surface area contributed by atoms with Gasteiger partial charge in [-0.1, -0.05) is 30.3 Å². The van der Waals surface area contributed by atoms with E-state index in [0.29, 0.717) is 6.04 Å². The number of piperidine rings is 1. The number of hydrogen-bond donors (Lipinski definition) is 2. The van der Waals surface area contributed by atoms with Gasteiger partial charge in [0.05, 0.1) is 0 Å². The number of likely N-dealkylation sites (N-methyl/N-ethyl adjacent to an activating group) is 1. The van der Waals surface area contributed by atoms with Gasteiger partial charge in [-0.2, -0.15) is 0 Å². The maximum atomic E-state index is 10.6. The van der Waals surface area contributed by atoms with Crippen LogP contribution in [0, 0.1) is 13.8 Å². The summed E-state index contributed by atoms with van der Waals surface area (Å²) in [6, 6.07) is 12.4. The van der Waals surface area contributed by atoms with E-state index >= 15 is 0 Å². The van der Waals surface area contributed by atoms with Crippen LogP contribution < -0.4 is 5.32 Å². The lowest BCUT2D eigenvalue weighted by molar-refractivity contribution is 0.261. The number of phenolic OH excluding ortho intramolecular Hbond substituents is 1. The van der Waals surface area contributed by atoms with Crippen LogP contribution in [0.15, 0.2) is 36.4 Å². The predicted molar refractivity (Wildman–Crippen MR) is 110 cm³/mol. The van der Waals surface area contributed by atoms with Gasteiger partial charge in [0.25, 0.3) is 0 Å². The molecule has 2 aromatic carbocycles. The summed E-state index contributed by atoms with van der Waals surface area (Å²) < 4.78 is 0. The first kappa shape index (κ1) is 17.7. The number of nitrogens with zero attached hydrogens (tertiary/aromatic N) is 3. The van der Waals surface area contributed by atoms with Gasteiger partial charge in [-0.25, -0.2) is 0 Å². The first-order valence-corrected chi connectivity index (χ1v) is 9.54. The van der Waals surface area contributed by atoms with Crippen LogP contribution in [0.4, 0.5) is 5.82 Å². The highest BCUT2D eigenvalue weighted by molar-refractivity contribution is 6.01. The predicted octanol–water partition coefficient (Wildman–Crippen LogP) is 4.13. The molecule has 0 bridgehead atoms. The Morgan fingerprint density at radius 3 is 2.63 bits per heavy atom. The van der Waals surface area contributed by atoms with Gasteiger partial charge in [0.2, 0.25) is 0 Å². The molecule has 1 atom stereocenters. The van der Waals surface area contributed by atoms with Gasteiger partial charge in [0, 0.05) is 28.9 Å². The van der Waals surface area contributed by atoms with Crippen molar-refractivity contribution in [2.24, 2.45) is 0 Å². The van der Waals surface area contributed by atoms with Crippen molar-refractivity contribution in [1.29, 1.82) is 0 Å². The minimum atomic E-state index is 0.251. The van der Waals surface area contributed by atoms with Gasteiger partial charge >= 0.3 is 0 Å². The SMILES string of the molecule is Cc1cc(C)c(-c2nnc(N[C@@H]3CCCN(C)C3)c3ccccc23)c(O)c1. The zero-order valence-corrected chi connectivity index (χ0v) is 16.2. The normalized spacial score (nSPS) is 18.0. The molecule has 0 saturated carbocycles. The number of anilines is 1. The van der Waals surface area contributed by atoms with Crippen LogP contribution in [0.1, 0.15) is 24.0 Å². The Hall–Kier alpha value is -2.66. The van der Waals surface area contributed by atoms with Crippen molar-refractivity contribution in [2.75, 3.05) is 25.5 Å². The van der Waals surface area contributed by atoms with E-state index in [-0.39, 0.29) is 5.75 Å². The molecule has 0 unspecified atom stereocenters. The number of aromatic nitrogens is 2. The highest BCUT2D eigenvalue weighted by Gasteiger charge is 2.20. The molecule has 140 valence electrons. The number of fused-ring (bicyclic) bond motifs is 1. The first-order chi connectivity index (χ1) is 13.0. The maximum Gasteiger partial charge on any atom is 0.156 e. The standard InChI is InChI=1S/C22H26N4O/c1-14-11-15(2)20(19(27)12-14)21-17-8-4-5-9-18(17)22(25-24-21)23-16-7-6-10-26(3)13-16/h4-5,8-9,11-12,16,27H,6-7,10,13H2,1-3H3,(H,23,25)/t16-/m1/s1. The van der Waals surface area contributed by atoms with E-state index < -0.39 is 0 Å². The van der Waals surface area contributed by atoms with E-state index in [0.717, 1.165) is 58.5 Å². The van der Waals surface area contributed by atoms with Gasteiger partial charge in [-0.05, 0) is 57.5 Å². The molecule has 1 aliphatic rings. The van der Waals surface area contributed by atoms with Crippen LogP contribution in [0.25, 0.3) is 22.0 Å². The molecule has 5 heteroatoms. The van der Waals surface area contributed by atoms with Crippen LogP contribution in [-0.4, -0.2) is 46.4 Å². The molecule has 0 radical (unpaired) electrons. The van der Waals surface area contributed by atoms with Crippen LogP contribution in [0.3, 0.4) is 0 Å².